The standard InChI is InChI=1S/C14H21N3S/c1-3-9-15-13(14-5-4-11-18-14)7-6-12-8-10-16-17(12)2/h4-5,8,10-11,13,15H,3,6-7,9H2,1-2H3. The number of nitrogens with one attached hydrogen (secondary N) is 1. The maximum atomic E-state index is 4.22. The third kappa shape index (κ3) is 3.43. The van der Waals surface area contributed by atoms with Gasteiger partial charge in [-0.25, -0.2) is 0 Å². The van der Waals surface area contributed by atoms with Crippen LogP contribution in [0.25, 0.3) is 0 Å². The molecule has 0 radical (unpaired) electrons. The molecule has 2 rings (SSSR count). The molecule has 0 aliphatic heterocycles. The quantitative estimate of drug-likeness (QED) is 0.831. The number of aryl methyl sites for hydroxylation is 2. The van der Waals surface area contributed by atoms with E-state index in [1.165, 1.54) is 17.0 Å². The Labute approximate surface area is 113 Å². The summed E-state index contributed by atoms with van der Waals surface area (Å²) in [5, 5.41) is 10.0. The summed E-state index contributed by atoms with van der Waals surface area (Å²) in [6, 6.07) is 6.93. The monoisotopic (exact) mass is 263 g/mol. The first-order valence-corrected chi connectivity index (χ1v) is 7.43. The number of rotatable bonds is 7. The van der Waals surface area contributed by atoms with Crippen molar-refractivity contribution in [3.8, 4) is 0 Å². The molecule has 0 fully saturated rings. The second-order valence-corrected chi connectivity index (χ2v) is 5.49. The molecule has 2 aromatic rings. The maximum Gasteiger partial charge on any atom is 0.0492 e. The Morgan fingerprint density at radius 2 is 2.33 bits per heavy atom. The maximum absolute atomic E-state index is 4.22. The van der Waals surface area contributed by atoms with E-state index in [0.29, 0.717) is 6.04 Å². The number of aromatic nitrogens is 2. The molecule has 0 bridgehead atoms. The van der Waals surface area contributed by atoms with Gasteiger partial charge in [0.2, 0.25) is 0 Å². The zero-order chi connectivity index (χ0) is 12.8. The molecule has 1 atom stereocenters. The fourth-order valence-corrected chi connectivity index (χ4v) is 2.93. The van der Waals surface area contributed by atoms with E-state index in [2.05, 4.69) is 40.9 Å². The van der Waals surface area contributed by atoms with Gasteiger partial charge in [-0.2, -0.15) is 5.10 Å². The average Bonchev–Trinajstić information content (AvgIpc) is 3.01. The zero-order valence-electron chi connectivity index (χ0n) is 11.1. The van der Waals surface area contributed by atoms with Crippen molar-refractivity contribution in [3.63, 3.8) is 0 Å². The van der Waals surface area contributed by atoms with Gasteiger partial charge in [0.1, 0.15) is 0 Å². The molecule has 1 unspecified atom stereocenters. The highest BCUT2D eigenvalue weighted by atomic mass is 32.1. The average molecular weight is 263 g/mol. The molecular weight excluding hydrogens is 242 g/mol. The molecule has 3 nitrogen and oxygen atoms in total. The Kier molecular flexibility index (Phi) is 4.96. The summed E-state index contributed by atoms with van der Waals surface area (Å²) in [5.41, 5.74) is 1.30. The smallest absolute Gasteiger partial charge is 0.0492 e. The van der Waals surface area contributed by atoms with Crippen LogP contribution in [-0.2, 0) is 13.5 Å². The van der Waals surface area contributed by atoms with E-state index in [0.717, 1.165) is 19.4 Å². The van der Waals surface area contributed by atoms with E-state index in [1.54, 1.807) is 0 Å². The first-order valence-electron chi connectivity index (χ1n) is 6.55. The van der Waals surface area contributed by atoms with Gasteiger partial charge in [-0.1, -0.05) is 13.0 Å². The van der Waals surface area contributed by atoms with Crippen LogP contribution in [0.4, 0.5) is 0 Å². The topological polar surface area (TPSA) is 29.9 Å². The lowest BCUT2D eigenvalue weighted by Crippen LogP contribution is -2.22. The largest absolute Gasteiger partial charge is 0.309 e. The minimum absolute atomic E-state index is 0.472. The van der Waals surface area contributed by atoms with Gasteiger partial charge in [-0.15, -0.1) is 11.3 Å². The molecule has 0 saturated carbocycles. The first kappa shape index (κ1) is 13.3. The van der Waals surface area contributed by atoms with Crippen LogP contribution in [0.15, 0.2) is 29.8 Å². The van der Waals surface area contributed by atoms with E-state index >= 15 is 0 Å². The van der Waals surface area contributed by atoms with Crippen molar-refractivity contribution >= 4 is 11.3 Å². The highest BCUT2D eigenvalue weighted by molar-refractivity contribution is 7.10. The number of nitrogens with zero attached hydrogens (tertiary/aromatic N) is 2. The summed E-state index contributed by atoms with van der Waals surface area (Å²) < 4.78 is 1.96. The van der Waals surface area contributed by atoms with Crippen molar-refractivity contribution in [1.82, 2.24) is 15.1 Å². The molecule has 2 aromatic heterocycles. The predicted molar refractivity (Wildman–Crippen MR) is 76.9 cm³/mol. The van der Waals surface area contributed by atoms with Gasteiger partial charge in [-0.3, -0.25) is 4.68 Å². The predicted octanol–water partition coefficient (Wildman–Crippen LogP) is 3.16. The Balaban J connectivity index is 1.95. The summed E-state index contributed by atoms with van der Waals surface area (Å²) in [7, 11) is 2.01. The van der Waals surface area contributed by atoms with Crippen molar-refractivity contribution in [2.24, 2.45) is 7.05 Å². The van der Waals surface area contributed by atoms with E-state index in [4.69, 9.17) is 0 Å². The molecule has 1 N–H and O–H groups in total. The van der Waals surface area contributed by atoms with Crippen LogP contribution in [0.2, 0.25) is 0 Å². The molecule has 0 aliphatic rings. The minimum Gasteiger partial charge on any atom is -0.309 e. The van der Waals surface area contributed by atoms with Crippen molar-refractivity contribution in [1.29, 1.82) is 0 Å². The number of thiophene rings is 1. The van der Waals surface area contributed by atoms with Crippen molar-refractivity contribution in [2.45, 2.75) is 32.2 Å². The van der Waals surface area contributed by atoms with Crippen LogP contribution in [-0.4, -0.2) is 16.3 Å². The van der Waals surface area contributed by atoms with Crippen LogP contribution in [0.3, 0.4) is 0 Å². The molecule has 98 valence electrons. The number of hydrogen-bond acceptors (Lipinski definition) is 3. The highest BCUT2D eigenvalue weighted by Crippen LogP contribution is 2.23. The van der Waals surface area contributed by atoms with Crippen LogP contribution in [0, 0.1) is 0 Å². The molecule has 0 saturated heterocycles. The molecule has 0 spiro atoms. The van der Waals surface area contributed by atoms with E-state index in [9.17, 15) is 0 Å². The van der Waals surface area contributed by atoms with Gasteiger partial charge in [-0.05, 0) is 43.3 Å². The molecular formula is C14H21N3S. The molecule has 0 aromatic carbocycles. The van der Waals surface area contributed by atoms with Crippen LogP contribution in [0.5, 0.6) is 0 Å². The van der Waals surface area contributed by atoms with Gasteiger partial charge in [0, 0.05) is 29.9 Å². The normalized spacial score (nSPS) is 12.8. The molecule has 0 amide bonds. The molecule has 2 heterocycles. The summed E-state index contributed by atoms with van der Waals surface area (Å²) in [4.78, 5) is 1.44. The Hall–Kier alpha value is -1.13. The fourth-order valence-electron chi connectivity index (χ4n) is 2.09. The Morgan fingerprint density at radius 1 is 1.44 bits per heavy atom. The SMILES string of the molecule is CCCNC(CCc1ccnn1C)c1cccs1. The van der Waals surface area contributed by atoms with Gasteiger partial charge in [0.15, 0.2) is 0 Å². The first-order chi connectivity index (χ1) is 8.81. The third-order valence-electron chi connectivity index (χ3n) is 3.14. The highest BCUT2D eigenvalue weighted by Gasteiger charge is 2.12. The van der Waals surface area contributed by atoms with Gasteiger partial charge in [0.25, 0.3) is 0 Å². The van der Waals surface area contributed by atoms with Crippen molar-refractivity contribution in [3.05, 3.63) is 40.3 Å². The lowest BCUT2D eigenvalue weighted by molar-refractivity contribution is 0.498. The third-order valence-corrected chi connectivity index (χ3v) is 4.12. The minimum atomic E-state index is 0.472. The van der Waals surface area contributed by atoms with E-state index in [-0.39, 0.29) is 0 Å². The summed E-state index contributed by atoms with van der Waals surface area (Å²) in [6.45, 7) is 3.29. The molecule has 0 aliphatic carbocycles. The summed E-state index contributed by atoms with van der Waals surface area (Å²) >= 11 is 1.84. The van der Waals surface area contributed by atoms with Crippen molar-refractivity contribution in [2.75, 3.05) is 6.54 Å². The van der Waals surface area contributed by atoms with Crippen molar-refractivity contribution < 1.29 is 0 Å². The van der Waals surface area contributed by atoms with Gasteiger partial charge in [0.05, 0.1) is 0 Å². The lowest BCUT2D eigenvalue weighted by Gasteiger charge is -2.17. The number of hydrogen-bond donors (Lipinski definition) is 1. The molecule has 18 heavy (non-hydrogen) atoms. The van der Waals surface area contributed by atoms with E-state index in [1.807, 2.05) is 29.3 Å². The summed E-state index contributed by atoms with van der Waals surface area (Å²) in [6.07, 6.45) is 5.23. The van der Waals surface area contributed by atoms with Crippen LogP contribution in [0.1, 0.15) is 36.4 Å². The fraction of sp³-hybridized carbons (Fsp3) is 0.500. The molecule has 4 heteroatoms. The summed E-state index contributed by atoms with van der Waals surface area (Å²) in [5.74, 6) is 0. The Bertz CT molecular complexity index is 447. The Morgan fingerprint density at radius 3 is 2.94 bits per heavy atom. The van der Waals surface area contributed by atoms with Crippen LogP contribution < -0.4 is 5.32 Å². The van der Waals surface area contributed by atoms with Gasteiger partial charge < -0.3 is 5.32 Å². The second kappa shape index (κ2) is 6.71. The second-order valence-electron chi connectivity index (χ2n) is 4.51. The zero-order valence-corrected chi connectivity index (χ0v) is 11.9. The van der Waals surface area contributed by atoms with E-state index < -0.39 is 0 Å². The van der Waals surface area contributed by atoms with Gasteiger partial charge >= 0.3 is 0 Å². The lowest BCUT2D eigenvalue weighted by atomic mass is 10.1. The van der Waals surface area contributed by atoms with Crippen LogP contribution >= 0.6 is 11.3 Å².